The van der Waals surface area contributed by atoms with E-state index in [2.05, 4.69) is 4.98 Å². The van der Waals surface area contributed by atoms with Crippen LogP contribution in [0.5, 0.6) is 5.75 Å². The number of carboxylic acid groups (broad SMARTS) is 1. The Hall–Kier alpha value is -3.57. The van der Waals surface area contributed by atoms with Gasteiger partial charge in [0, 0.05) is 22.6 Å². The lowest BCUT2D eigenvalue weighted by Crippen LogP contribution is -2.05. The number of hydrogen-bond acceptors (Lipinski definition) is 4. The lowest BCUT2D eigenvalue weighted by atomic mass is 10.1. The van der Waals surface area contributed by atoms with Gasteiger partial charge in [0.1, 0.15) is 23.8 Å². The number of carboxylic acids is 1. The fraction of sp³-hybridized carbons (Fsp3) is 0.120. The molecule has 6 heteroatoms. The van der Waals surface area contributed by atoms with Crippen LogP contribution in [0.1, 0.15) is 33.1 Å². The van der Waals surface area contributed by atoms with Crippen molar-refractivity contribution in [2.75, 3.05) is 0 Å². The molecule has 0 saturated heterocycles. The molecule has 0 saturated carbocycles. The minimum Gasteiger partial charge on any atom is -0.489 e. The van der Waals surface area contributed by atoms with Crippen LogP contribution in [0.15, 0.2) is 77.2 Å². The molecule has 1 heterocycles. The van der Waals surface area contributed by atoms with Crippen LogP contribution < -0.4 is 4.74 Å². The van der Waals surface area contributed by atoms with Crippen LogP contribution in [-0.2, 0) is 13.0 Å². The first-order valence-electron chi connectivity index (χ1n) is 9.75. The predicted octanol–water partition coefficient (Wildman–Crippen LogP) is 6.17. The van der Waals surface area contributed by atoms with Gasteiger partial charge in [0.2, 0.25) is 0 Å². The molecule has 0 unspecified atom stereocenters. The average molecular weight is 434 g/mol. The molecule has 31 heavy (non-hydrogen) atoms. The number of oxazole rings is 1. The Balaban J connectivity index is 1.46. The molecule has 0 fully saturated rings. The van der Waals surface area contributed by atoms with Gasteiger partial charge in [0.25, 0.3) is 0 Å². The van der Waals surface area contributed by atoms with E-state index >= 15 is 0 Å². The summed E-state index contributed by atoms with van der Waals surface area (Å²) in [6, 6.07) is 21.9. The van der Waals surface area contributed by atoms with Gasteiger partial charge in [-0.15, -0.1) is 0 Å². The molecule has 0 radical (unpaired) electrons. The van der Waals surface area contributed by atoms with Crippen LogP contribution >= 0.6 is 11.6 Å². The largest absolute Gasteiger partial charge is 0.489 e. The predicted molar refractivity (Wildman–Crippen MR) is 119 cm³/mol. The van der Waals surface area contributed by atoms with E-state index in [-0.39, 0.29) is 12.2 Å². The zero-order valence-electron chi connectivity index (χ0n) is 16.8. The molecular formula is C25H20ClNO4. The zero-order chi connectivity index (χ0) is 21.8. The van der Waals surface area contributed by atoms with Crippen molar-refractivity contribution in [2.24, 2.45) is 0 Å². The second kappa shape index (κ2) is 9.06. The molecule has 156 valence electrons. The second-order valence-electron chi connectivity index (χ2n) is 7.09. The molecule has 3 aromatic carbocycles. The van der Waals surface area contributed by atoms with Gasteiger partial charge in [-0.25, -0.2) is 9.78 Å². The minimum absolute atomic E-state index is 0.175. The van der Waals surface area contributed by atoms with Crippen molar-refractivity contribution >= 4 is 17.6 Å². The van der Waals surface area contributed by atoms with Gasteiger partial charge in [-0.1, -0.05) is 41.9 Å². The maximum Gasteiger partial charge on any atom is 0.336 e. The first-order chi connectivity index (χ1) is 15.0. The standard InChI is InChI=1S/C25H20ClNO4/c1-16-24(27-23(31-16)14-17-5-4-7-20(26)13-17)18-9-11-21(12-10-18)30-15-19-6-2-3-8-22(19)25(28)29/h2-13H,14-15H2,1H3,(H,28,29). The first-order valence-corrected chi connectivity index (χ1v) is 10.1. The van der Waals surface area contributed by atoms with E-state index in [4.69, 9.17) is 20.8 Å². The van der Waals surface area contributed by atoms with Crippen LogP contribution in [-0.4, -0.2) is 16.1 Å². The van der Waals surface area contributed by atoms with Gasteiger partial charge in [0.15, 0.2) is 5.89 Å². The zero-order valence-corrected chi connectivity index (χ0v) is 17.6. The van der Waals surface area contributed by atoms with Gasteiger partial charge in [-0.2, -0.15) is 0 Å². The fourth-order valence-electron chi connectivity index (χ4n) is 3.34. The number of carbonyl (C=O) groups is 1. The van der Waals surface area contributed by atoms with E-state index in [1.54, 1.807) is 24.3 Å². The molecule has 5 nitrogen and oxygen atoms in total. The van der Waals surface area contributed by atoms with E-state index in [1.807, 2.05) is 55.5 Å². The highest BCUT2D eigenvalue weighted by atomic mass is 35.5. The number of aromatic nitrogens is 1. The Labute approximate surface area is 184 Å². The summed E-state index contributed by atoms with van der Waals surface area (Å²) in [6.07, 6.45) is 0.561. The molecule has 0 aliphatic carbocycles. The highest BCUT2D eigenvalue weighted by Crippen LogP contribution is 2.27. The van der Waals surface area contributed by atoms with Gasteiger partial charge < -0.3 is 14.3 Å². The molecule has 4 rings (SSSR count). The van der Waals surface area contributed by atoms with Crippen LogP contribution in [0.2, 0.25) is 5.02 Å². The van der Waals surface area contributed by atoms with Crippen molar-refractivity contribution in [1.82, 2.24) is 4.98 Å². The van der Waals surface area contributed by atoms with Gasteiger partial charge in [-0.3, -0.25) is 0 Å². The Morgan fingerprint density at radius 1 is 1.06 bits per heavy atom. The van der Waals surface area contributed by atoms with E-state index < -0.39 is 5.97 Å². The average Bonchev–Trinajstić information content (AvgIpc) is 3.12. The van der Waals surface area contributed by atoms with Crippen molar-refractivity contribution in [3.8, 4) is 17.0 Å². The monoisotopic (exact) mass is 433 g/mol. The molecule has 0 amide bonds. The third-order valence-electron chi connectivity index (χ3n) is 4.86. The molecule has 0 bridgehead atoms. The maximum absolute atomic E-state index is 11.3. The topological polar surface area (TPSA) is 72.6 Å². The number of aromatic carboxylic acids is 1. The first kappa shape index (κ1) is 20.7. The number of aryl methyl sites for hydroxylation is 1. The Morgan fingerprint density at radius 3 is 2.58 bits per heavy atom. The molecule has 4 aromatic rings. The van der Waals surface area contributed by atoms with Gasteiger partial charge in [0.05, 0.1) is 5.56 Å². The summed E-state index contributed by atoms with van der Waals surface area (Å²) in [4.78, 5) is 16.0. The summed E-state index contributed by atoms with van der Waals surface area (Å²) < 4.78 is 11.6. The molecule has 0 aliphatic rings. The van der Waals surface area contributed by atoms with Crippen LogP contribution in [0.25, 0.3) is 11.3 Å². The lowest BCUT2D eigenvalue weighted by Gasteiger charge is -2.09. The molecule has 1 aromatic heterocycles. The Bertz CT molecular complexity index is 1210. The van der Waals surface area contributed by atoms with E-state index in [1.165, 1.54) is 0 Å². The van der Waals surface area contributed by atoms with Gasteiger partial charge >= 0.3 is 5.97 Å². The number of benzene rings is 3. The number of rotatable bonds is 7. The Kier molecular flexibility index (Phi) is 6.05. The maximum atomic E-state index is 11.3. The summed E-state index contributed by atoms with van der Waals surface area (Å²) in [5.74, 6) is 1.04. The van der Waals surface area contributed by atoms with Crippen LogP contribution in [0, 0.1) is 6.92 Å². The minimum atomic E-state index is -0.968. The Morgan fingerprint density at radius 2 is 1.84 bits per heavy atom. The fourth-order valence-corrected chi connectivity index (χ4v) is 3.55. The van der Waals surface area contributed by atoms with E-state index in [9.17, 15) is 9.90 Å². The van der Waals surface area contributed by atoms with E-state index in [0.29, 0.717) is 28.6 Å². The number of ether oxygens (including phenoxy) is 1. The summed E-state index contributed by atoms with van der Waals surface area (Å²) in [7, 11) is 0. The van der Waals surface area contributed by atoms with Crippen molar-refractivity contribution < 1.29 is 19.1 Å². The molecule has 0 aliphatic heterocycles. The molecule has 0 atom stereocenters. The molecular weight excluding hydrogens is 414 g/mol. The van der Waals surface area contributed by atoms with Crippen molar-refractivity contribution in [3.63, 3.8) is 0 Å². The molecule has 0 spiro atoms. The van der Waals surface area contributed by atoms with Gasteiger partial charge in [-0.05, 0) is 55.0 Å². The van der Waals surface area contributed by atoms with E-state index in [0.717, 1.165) is 22.6 Å². The number of nitrogens with zero attached hydrogens (tertiary/aromatic N) is 1. The van der Waals surface area contributed by atoms with Crippen molar-refractivity contribution in [1.29, 1.82) is 0 Å². The van der Waals surface area contributed by atoms with Crippen molar-refractivity contribution in [3.05, 3.63) is 106 Å². The number of halogens is 1. The highest BCUT2D eigenvalue weighted by molar-refractivity contribution is 6.30. The quantitative estimate of drug-likeness (QED) is 0.377. The number of hydrogen-bond donors (Lipinski definition) is 1. The smallest absolute Gasteiger partial charge is 0.336 e. The van der Waals surface area contributed by atoms with Crippen LogP contribution in [0.4, 0.5) is 0 Å². The second-order valence-corrected chi connectivity index (χ2v) is 7.53. The third kappa shape index (κ3) is 4.95. The summed E-state index contributed by atoms with van der Waals surface area (Å²) in [6.45, 7) is 2.06. The molecule has 1 N–H and O–H groups in total. The summed E-state index contributed by atoms with van der Waals surface area (Å²) in [5.41, 5.74) is 3.59. The van der Waals surface area contributed by atoms with Crippen molar-refractivity contribution in [2.45, 2.75) is 20.0 Å². The lowest BCUT2D eigenvalue weighted by molar-refractivity contribution is 0.0694. The SMILES string of the molecule is Cc1oc(Cc2cccc(Cl)c2)nc1-c1ccc(OCc2ccccc2C(=O)O)cc1. The summed E-state index contributed by atoms with van der Waals surface area (Å²) >= 11 is 6.06. The third-order valence-corrected chi connectivity index (χ3v) is 5.09. The normalized spacial score (nSPS) is 10.8. The summed E-state index contributed by atoms with van der Waals surface area (Å²) in [5, 5.41) is 9.96. The van der Waals surface area contributed by atoms with Crippen LogP contribution in [0.3, 0.4) is 0 Å². The highest BCUT2D eigenvalue weighted by Gasteiger charge is 2.13.